The summed E-state index contributed by atoms with van der Waals surface area (Å²) in [7, 11) is 0. The molecule has 1 unspecified atom stereocenters. The Morgan fingerprint density at radius 2 is 2.00 bits per heavy atom. The number of halogens is 3. The number of nitrogens with zero attached hydrogens (tertiary/aromatic N) is 3. The quantitative estimate of drug-likeness (QED) is 0.539. The molecule has 0 spiro atoms. The van der Waals surface area contributed by atoms with Crippen molar-refractivity contribution in [3.63, 3.8) is 0 Å². The molecule has 1 saturated heterocycles. The Kier molecular flexibility index (Phi) is 4.17. The summed E-state index contributed by atoms with van der Waals surface area (Å²) >= 11 is 0. The molecule has 0 aliphatic carbocycles. The minimum absolute atomic E-state index is 0.00885. The first-order chi connectivity index (χ1) is 14.0. The fourth-order valence-corrected chi connectivity index (χ4v) is 4.42. The topological polar surface area (TPSA) is 33.1 Å². The standard InChI is InChI=1S/C22H21F3N4/c1-3-28-11-16-14-8-13(23)4-5-18(14)27-20(16)15-9-17(24)22(19(25)21(15)28)29-7-6-26-12(2)10-29/h4-5,8-9,11-12,26H,3,6-7,10H2,1-2H3. The molecule has 3 aliphatic heterocycles. The summed E-state index contributed by atoms with van der Waals surface area (Å²) in [5.74, 6) is -1.54. The molecule has 4 nitrogen and oxygen atoms in total. The van der Waals surface area contributed by atoms with Gasteiger partial charge in [0.2, 0.25) is 0 Å². The van der Waals surface area contributed by atoms with Gasteiger partial charge in [0.1, 0.15) is 17.3 Å². The molecule has 7 heteroatoms. The van der Waals surface area contributed by atoms with E-state index >= 15 is 8.78 Å². The monoisotopic (exact) mass is 398 g/mol. The van der Waals surface area contributed by atoms with E-state index in [9.17, 15) is 4.39 Å². The highest BCUT2D eigenvalue weighted by Crippen LogP contribution is 2.40. The fraction of sp³-hybridized carbons (Fsp3) is 0.318. The van der Waals surface area contributed by atoms with E-state index < -0.39 is 11.6 Å². The second-order valence-electron chi connectivity index (χ2n) is 7.67. The lowest BCUT2D eigenvalue weighted by molar-refractivity contribution is 0.470. The van der Waals surface area contributed by atoms with Gasteiger partial charge in [0.05, 0.1) is 16.7 Å². The van der Waals surface area contributed by atoms with Gasteiger partial charge >= 0.3 is 0 Å². The smallest absolute Gasteiger partial charge is 0.173 e. The van der Waals surface area contributed by atoms with Gasteiger partial charge in [0, 0.05) is 54.8 Å². The third-order valence-electron chi connectivity index (χ3n) is 5.76. The normalized spacial score (nSPS) is 17.7. The van der Waals surface area contributed by atoms with Crippen molar-refractivity contribution in [3.05, 3.63) is 47.9 Å². The van der Waals surface area contributed by atoms with Crippen LogP contribution in [0.25, 0.3) is 33.1 Å². The SMILES string of the molecule is CCn1cc2c3cc(F)ccc3nc-2c2cc(F)c(N3CCNC(C)C3)c(F)c21. The number of aromatic nitrogens is 2. The Bertz CT molecular complexity index is 1220. The highest BCUT2D eigenvalue weighted by atomic mass is 19.1. The maximum absolute atomic E-state index is 15.7. The Morgan fingerprint density at radius 1 is 1.17 bits per heavy atom. The van der Waals surface area contributed by atoms with Crippen LogP contribution < -0.4 is 10.2 Å². The molecule has 1 atom stereocenters. The molecule has 2 aromatic rings. The molecule has 5 rings (SSSR count). The van der Waals surface area contributed by atoms with Crippen LogP contribution in [-0.2, 0) is 6.54 Å². The van der Waals surface area contributed by atoms with Crippen molar-refractivity contribution in [3.8, 4) is 11.3 Å². The average molecular weight is 398 g/mol. The zero-order valence-electron chi connectivity index (χ0n) is 16.3. The lowest BCUT2D eigenvalue weighted by Gasteiger charge is -2.34. The maximum atomic E-state index is 15.7. The summed E-state index contributed by atoms with van der Waals surface area (Å²) in [5.41, 5.74) is 2.12. The molecule has 2 aromatic carbocycles. The van der Waals surface area contributed by atoms with Gasteiger partial charge < -0.3 is 14.8 Å². The van der Waals surface area contributed by atoms with Crippen LogP contribution in [0.3, 0.4) is 0 Å². The summed E-state index contributed by atoms with van der Waals surface area (Å²) in [6.45, 7) is 6.14. The molecule has 0 bridgehead atoms. The molecule has 0 amide bonds. The molecule has 29 heavy (non-hydrogen) atoms. The van der Waals surface area contributed by atoms with E-state index in [1.807, 2.05) is 13.8 Å². The van der Waals surface area contributed by atoms with Gasteiger partial charge in [0.25, 0.3) is 0 Å². The van der Waals surface area contributed by atoms with E-state index in [1.54, 1.807) is 21.7 Å². The summed E-state index contributed by atoms with van der Waals surface area (Å²) in [6, 6.07) is 5.87. The average Bonchev–Trinajstić information content (AvgIpc) is 3.05. The third kappa shape index (κ3) is 2.75. The van der Waals surface area contributed by atoms with E-state index in [2.05, 4.69) is 10.3 Å². The second-order valence-corrected chi connectivity index (χ2v) is 7.67. The minimum atomic E-state index is -0.600. The van der Waals surface area contributed by atoms with E-state index in [0.29, 0.717) is 59.2 Å². The largest absolute Gasteiger partial charge is 0.364 e. The van der Waals surface area contributed by atoms with Crippen LogP contribution in [-0.4, -0.2) is 35.2 Å². The summed E-state index contributed by atoms with van der Waals surface area (Å²) < 4.78 is 46.5. The molecule has 150 valence electrons. The molecule has 3 heterocycles. The lowest BCUT2D eigenvalue weighted by atomic mass is 10.0. The zero-order valence-corrected chi connectivity index (χ0v) is 16.3. The molecule has 0 aromatic heterocycles. The van der Waals surface area contributed by atoms with Crippen LogP contribution in [0, 0.1) is 17.5 Å². The van der Waals surface area contributed by atoms with E-state index in [1.165, 1.54) is 18.2 Å². The van der Waals surface area contributed by atoms with Crippen LogP contribution in [0.4, 0.5) is 18.9 Å². The Morgan fingerprint density at radius 3 is 2.76 bits per heavy atom. The Labute approximate surface area is 166 Å². The molecular formula is C22H21F3N4. The fourth-order valence-electron chi connectivity index (χ4n) is 4.42. The van der Waals surface area contributed by atoms with Crippen molar-refractivity contribution in [1.29, 1.82) is 0 Å². The first kappa shape index (κ1) is 18.2. The lowest BCUT2D eigenvalue weighted by Crippen LogP contribution is -2.49. The predicted octanol–water partition coefficient (Wildman–Crippen LogP) is 4.53. The molecule has 0 saturated carbocycles. The van der Waals surface area contributed by atoms with Gasteiger partial charge in [-0.05, 0) is 38.1 Å². The molecule has 1 N–H and O–H groups in total. The second kappa shape index (κ2) is 6.62. The van der Waals surface area contributed by atoms with Gasteiger partial charge in [0.15, 0.2) is 5.82 Å². The molecule has 0 radical (unpaired) electrons. The Hall–Kier alpha value is -2.80. The summed E-state index contributed by atoms with van der Waals surface area (Å²) in [6.07, 6.45) is 1.79. The number of piperazine rings is 1. The van der Waals surface area contributed by atoms with Gasteiger partial charge in [-0.25, -0.2) is 18.2 Å². The van der Waals surface area contributed by atoms with Crippen LogP contribution >= 0.6 is 0 Å². The number of aryl methyl sites for hydroxylation is 1. The molecule has 1 fully saturated rings. The van der Waals surface area contributed by atoms with Crippen molar-refractivity contribution < 1.29 is 13.2 Å². The zero-order chi connectivity index (χ0) is 20.3. The number of anilines is 1. The van der Waals surface area contributed by atoms with Crippen LogP contribution in [0.2, 0.25) is 0 Å². The molecule has 3 aliphatic rings. The highest BCUT2D eigenvalue weighted by Gasteiger charge is 2.27. The maximum Gasteiger partial charge on any atom is 0.173 e. The minimum Gasteiger partial charge on any atom is -0.364 e. The predicted molar refractivity (Wildman–Crippen MR) is 109 cm³/mol. The van der Waals surface area contributed by atoms with Crippen LogP contribution in [0.1, 0.15) is 13.8 Å². The van der Waals surface area contributed by atoms with E-state index in [0.717, 1.165) is 0 Å². The van der Waals surface area contributed by atoms with Crippen molar-refractivity contribution in [1.82, 2.24) is 14.9 Å². The number of rotatable bonds is 2. The number of nitrogens with one attached hydrogen (secondary N) is 1. The van der Waals surface area contributed by atoms with Crippen LogP contribution in [0.5, 0.6) is 0 Å². The molecular weight excluding hydrogens is 377 g/mol. The van der Waals surface area contributed by atoms with Gasteiger partial charge in [-0.1, -0.05) is 0 Å². The number of pyridine rings is 1. The summed E-state index contributed by atoms with van der Waals surface area (Å²) in [5, 5.41) is 4.34. The van der Waals surface area contributed by atoms with Crippen LogP contribution in [0.15, 0.2) is 30.5 Å². The van der Waals surface area contributed by atoms with E-state index in [4.69, 9.17) is 0 Å². The first-order valence-electron chi connectivity index (χ1n) is 9.86. The van der Waals surface area contributed by atoms with Crippen molar-refractivity contribution in [2.75, 3.05) is 24.5 Å². The highest BCUT2D eigenvalue weighted by molar-refractivity contribution is 6.07. The van der Waals surface area contributed by atoms with Gasteiger partial charge in [-0.3, -0.25) is 0 Å². The van der Waals surface area contributed by atoms with E-state index in [-0.39, 0.29) is 17.5 Å². The van der Waals surface area contributed by atoms with Gasteiger partial charge in [-0.2, -0.15) is 0 Å². The Balaban J connectivity index is 1.83. The van der Waals surface area contributed by atoms with Crippen molar-refractivity contribution in [2.45, 2.75) is 26.4 Å². The number of hydrogen-bond acceptors (Lipinski definition) is 3. The number of hydrogen-bond donors (Lipinski definition) is 1. The first-order valence-corrected chi connectivity index (χ1v) is 9.86. The summed E-state index contributed by atoms with van der Waals surface area (Å²) in [4.78, 5) is 6.32. The van der Waals surface area contributed by atoms with Gasteiger partial charge in [-0.15, -0.1) is 0 Å². The number of benzene rings is 2. The van der Waals surface area contributed by atoms with Crippen molar-refractivity contribution >= 4 is 27.5 Å². The number of fused-ring (bicyclic) bond motifs is 5. The third-order valence-corrected chi connectivity index (χ3v) is 5.76. The van der Waals surface area contributed by atoms with Crippen molar-refractivity contribution in [2.24, 2.45) is 0 Å².